The third kappa shape index (κ3) is 5.07. The van der Waals surface area contributed by atoms with Crippen LogP contribution in [0.5, 0.6) is 11.6 Å². The Hall–Kier alpha value is -3.24. The van der Waals surface area contributed by atoms with Gasteiger partial charge in [0.25, 0.3) is 15.9 Å². The molecule has 1 aliphatic heterocycles. The molecule has 33 heavy (non-hydrogen) atoms. The lowest BCUT2D eigenvalue weighted by atomic mass is 9.98. The molecule has 15 heteroatoms. The minimum atomic E-state index is -4.10. The van der Waals surface area contributed by atoms with Crippen molar-refractivity contribution in [3.8, 4) is 11.6 Å². The van der Waals surface area contributed by atoms with E-state index in [0.717, 1.165) is 6.33 Å². The van der Waals surface area contributed by atoms with Crippen LogP contribution in [0.3, 0.4) is 0 Å². The fraction of sp³-hybridized carbons (Fsp3) is 0.389. The number of ether oxygens (including phenoxy) is 3. The smallest absolute Gasteiger partial charge is 0.335 e. The number of aliphatic hydroxyl groups is 3. The van der Waals surface area contributed by atoms with Gasteiger partial charge < -0.3 is 40.0 Å². The molecule has 1 saturated heterocycles. The summed E-state index contributed by atoms with van der Waals surface area (Å²) in [6, 6.07) is 5.11. The molecule has 0 saturated carbocycles. The Morgan fingerprint density at radius 3 is 2.27 bits per heavy atom. The lowest BCUT2D eigenvalue weighted by Crippen LogP contribution is -2.61. The topological polar surface area (TPSA) is 210 Å². The van der Waals surface area contributed by atoms with E-state index < -0.39 is 46.6 Å². The average Bonchev–Trinajstić information content (AvgIpc) is 2.79. The van der Waals surface area contributed by atoms with Gasteiger partial charge in [-0.25, -0.2) is 18.2 Å². The second kappa shape index (κ2) is 9.72. The maximum atomic E-state index is 12.7. The molecule has 0 aliphatic carbocycles. The molecular formula is C18H22N4O10S. The summed E-state index contributed by atoms with van der Waals surface area (Å²) >= 11 is 0. The first-order chi connectivity index (χ1) is 15.6. The largest absolute Gasteiger partial charge is 0.489 e. The predicted molar refractivity (Wildman–Crippen MR) is 110 cm³/mol. The summed E-state index contributed by atoms with van der Waals surface area (Å²) < 4.78 is 43.0. The first-order valence-electron chi connectivity index (χ1n) is 9.34. The number of aliphatic hydroxyl groups excluding tert-OH is 3. The van der Waals surface area contributed by atoms with Gasteiger partial charge >= 0.3 is 5.97 Å². The van der Waals surface area contributed by atoms with Crippen molar-refractivity contribution in [3.05, 3.63) is 30.6 Å². The number of nitrogens with one attached hydrogen (secondary N) is 2. The quantitative estimate of drug-likeness (QED) is 0.254. The van der Waals surface area contributed by atoms with Gasteiger partial charge in [-0.15, -0.1) is 0 Å². The third-order valence-electron chi connectivity index (χ3n) is 4.73. The summed E-state index contributed by atoms with van der Waals surface area (Å²) in [4.78, 5) is 18.7. The van der Waals surface area contributed by atoms with Gasteiger partial charge in [0, 0.05) is 5.69 Å². The standard InChI is InChI=1S/C18H22N4O10S/c1-30-14-15(19-7-20-17(14)31-2)22-33(28,29)9-5-3-8(4-6-9)21-16-12(25)10(23)11(24)13(32-16)18(26)27/h3-7,10-13,16,21,23-25H,1-2H3,(H,26,27)(H,19,20,22). The molecule has 0 radical (unpaired) electrons. The normalized spacial score (nSPS) is 25.2. The molecular weight excluding hydrogens is 464 g/mol. The summed E-state index contributed by atoms with van der Waals surface area (Å²) in [6.07, 6.45) is -7.32. The monoisotopic (exact) mass is 486 g/mol. The minimum absolute atomic E-state index is 0.0148. The molecule has 14 nitrogen and oxygen atoms in total. The second-order valence-corrected chi connectivity index (χ2v) is 8.51. The van der Waals surface area contributed by atoms with Gasteiger partial charge in [0.05, 0.1) is 19.1 Å². The second-order valence-electron chi connectivity index (χ2n) is 6.83. The molecule has 5 unspecified atom stereocenters. The summed E-state index contributed by atoms with van der Waals surface area (Å²) in [5.74, 6) is -1.65. The fourth-order valence-corrected chi connectivity index (χ4v) is 4.06. The van der Waals surface area contributed by atoms with Gasteiger partial charge in [-0.3, -0.25) is 4.72 Å². The molecule has 1 fully saturated rings. The van der Waals surface area contributed by atoms with E-state index in [1.165, 1.54) is 38.5 Å². The third-order valence-corrected chi connectivity index (χ3v) is 6.08. The number of methoxy groups -OCH3 is 2. The van der Waals surface area contributed by atoms with Gasteiger partial charge in [-0.05, 0) is 24.3 Å². The van der Waals surface area contributed by atoms with Crippen LogP contribution in [0.25, 0.3) is 0 Å². The molecule has 3 rings (SSSR count). The van der Waals surface area contributed by atoms with Gasteiger partial charge in [0.2, 0.25) is 5.75 Å². The van der Waals surface area contributed by atoms with Crippen LogP contribution in [0.2, 0.25) is 0 Å². The Morgan fingerprint density at radius 1 is 1.03 bits per heavy atom. The molecule has 0 spiro atoms. The Morgan fingerprint density at radius 2 is 1.70 bits per heavy atom. The van der Waals surface area contributed by atoms with E-state index in [4.69, 9.17) is 19.3 Å². The summed E-state index contributed by atoms with van der Waals surface area (Å²) in [5.41, 5.74) is 0.243. The minimum Gasteiger partial charge on any atom is -0.489 e. The molecule has 2 aromatic rings. The number of rotatable bonds is 8. The van der Waals surface area contributed by atoms with E-state index in [1.807, 2.05) is 0 Å². The van der Waals surface area contributed by atoms with Crippen LogP contribution in [0.1, 0.15) is 0 Å². The van der Waals surface area contributed by atoms with E-state index >= 15 is 0 Å². The van der Waals surface area contributed by atoms with E-state index in [1.54, 1.807) is 0 Å². The Bertz CT molecular complexity index is 1100. The highest BCUT2D eigenvalue weighted by molar-refractivity contribution is 7.92. The van der Waals surface area contributed by atoms with Crippen molar-refractivity contribution < 1.29 is 47.8 Å². The van der Waals surface area contributed by atoms with E-state index in [0.29, 0.717) is 0 Å². The van der Waals surface area contributed by atoms with Gasteiger partial charge in [0.1, 0.15) is 24.6 Å². The number of aromatic nitrogens is 2. The maximum absolute atomic E-state index is 12.7. The van der Waals surface area contributed by atoms with E-state index in [2.05, 4.69) is 20.0 Å². The predicted octanol–water partition coefficient (Wildman–Crippen LogP) is -1.40. The highest BCUT2D eigenvalue weighted by Gasteiger charge is 2.46. The van der Waals surface area contributed by atoms with E-state index in [-0.39, 0.29) is 28.0 Å². The molecule has 6 N–H and O–H groups in total. The number of carboxylic acid groups (broad SMARTS) is 1. The van der Waals surface area contributed by atoms with Crippen LogP contribution in [0.15, 0.2) is 35.5 Å². The molecule has 1 aromatic carbocycles. The Labute approximate surface area is 187 Å². The van der Waals surface area contributed by atoms with Crippen LogP contribution in [0, 0.1) is 0 Å². The number of sulfonamides is 1. The van der Waals surface area contributed by atoms with Crippen molar-refractivity contribution in [2.75, 3.05) is 24.3 Å². The number of benzene rings is 1. The Balaban J connectivity index is 1.77. The van der Waals surface area contributed by atoms with Crippen LogP contribution >= 0.6 is 0 Å². The molecule has 2 heterocycles. The molecule has 180 valence electrons. The zero-order valence-corrected chi connectivity index (χ0v) is 18.1. The first kappa shape index (κ1) is 24.4. The maximum Gasteiger partial charge on any atom is 0.335 e. The summed E-state index contributed by atoms with van der Waals surface area (Å²) in [5, 5.41) is 41.5. The van der Waals surface area contributed by atoms with Gasteiger partial charge in [-0.2, -0.15) is 4.98 Å². The number of aliphatic carboxylic acids is 1. The SMILES string of the molecule is COc1ncnc(NS(=O)(=O)c2ccc(NC3OC(C(=O)O)C(O)C(O)C3O)cc2)c1OC. The Kier molecular flexibility index (Phi) is 7.19. The zero-order valence-electron chi connectivity index (χ0n) is 17.3. The number of carboxylic acids is 1. The number of anilines is 2. The van der Waals surface area contributed by atoms with Crippen molar-refractivity contribution in [1.82, 2.24) is 9.97 Å². The van der Waals surface area contributed by atoms with Crippen molar-refractivity contribution in [1.29, 1.82) is 0 Å². The molecule has 5 atom stereocenters. The zero-order chi connectivity index (χ0) is 24.3. The van der Waals surface area contributed by atoms with E-state index in [9.17, 15) is 28.5 Å². The van der Waals surface area contributed by atoms with Crippen LogP contribution < -0.4 is 19.5 Å². The van der Waals surface area contributed by atoms with Crippen LogP contribution in [0.4, 0.5) is 11.5 Å². The number of hydrogen-bond donors (Lipinski definition) is 6. The first-order valence-corrected chi connectivity index (χ1v) is 10.8. The highest BCUT2D eigenvalue weighted by Crippen LogP contribution is 2.32. The lowest BCUT2D eigenvalue weighted by molar-refractivity contribution is -0.221. The van der Waals surface area contributed by atoms with Crippen LogP contribution in [-0.4, -0.2) is 89.6 Å². The number of nitrogens with zero attached hydrogens (tertiary/aromatic N) is 2. The van der Waals surface area contributed by atoms with Gasteiger partial charge in [0.15, 0.2) is 18.1 Å². The van der Waals surface area contributed by atoms with Crippen molar-refractivity contribution >= 4 is 27.5 Å². The van der Waals surface area contributed by atoms with Crippen molar-refractivity contribution in [3.63, 3.8) is 0 Å². The average molecular weight is 486 g/mol. The highest BCUT2D eigenvalue weighted by atomic mass is 32.2. The number of hydrogen-bond acceptors (Lipinski definition) is 12. The summed E-state index contributed by atoms with van der Waals surface area (Å²) in [7, 11) is -1.47. The molecule has 0 bridgehead atoms. The lowest BCUT2D eigenvalue weighted by Gasteiger charge is -2.39. The van der Waals surface area contributed by atoms with Crippen molar-refractivity contribution in [2.24, 2.45) is 0 Å². The van der Waals surface area contributed by atoms with Crippen LogP contribution in [-0.2, 0) is 19.6 Å². The number of carbonyl (C=O) groups is 1. The molecule has 1 aromatic heterocycles. The molecule has 1 aliphatic rings. The van der Waals surface area contributed by atoms with Gasteiger partial charge in [-0.1, -0.05) is 0 Å². The molecule has 0 amide bonds. The fourth-order valence-electron chi connectivity index (χ4n) is 3.04. The van der Waals surface area contributed by atoms with Crippen molar-refractivity contribution in [2.45, 2.75) is 35.5 Å². The summed E-state index contributed by atoms with van der Waals surface area (Å²) in [6.45, 7) is 0.